The van der Waals surface area contributed by atoms with Gasteiger partial charge in [-0.15, -0.1) is 13.2 Å². The summed E-state index contributed by atoms with van der Waals surface area (Å²) in [5, 5.41) is 1.70. The van der Waals surface area contributed by atoms with Crippen LogP contribution in [0.4, 0.5) is 0 Å². The summed E-state index contributed by atoms with van der Waals surface area (Å²) in [5.74, 6) is 0.774. The molecule has 3 unspecified atom stereocenters. The van der Waals surface area contributed by atoms with Crippen molar-refractivity contribution in [3.63, 3.8) is 0 Å². The van der Waals surface area contributed by atoms with Crippen LogP contribution in [0.25, 0.3) is 0 Å². The monoisotopic (exact) mass is 646 g/mol. The molecule has 0 aliphatic rings. The van der Waals surface area contributed by atoms with E-state index in [0.29, 0.717) is 49.0 Å². The predicted molar refractivity (Wildman–Crippen MR) is 137 cm³/mol. The Kier molecular flexibility index (Phi) is 18.5. The molecule has 0 aliphatic heterocycles. The van der Waals surface area contributed by atoms with Crippen LogP contribution in [0.2, 0.25) is 0 Å². The number of rotatable bonds is 20. The number of ether oxygens (including phenoxy) is 3. The van der Waals surface area contributed by atoms with Gasteiger partial charge in [-0.05, 0) is 12.1 Å². The molecule has 0 spiro atoms. The summed E-state index contributed by atoms with van der Waals surface area (Å²) in [7, 11) is -1.70. The second kappa shape index (κ2) is 19.6. The molecule has 1 aromatic rings. The first-order valence-corrected chi connectivity index (χ1v) is 14.2. The molecule has 1 aromatic carbocycles. The molecular weight excluding hydrogens is 619 g/mol. The first kappa shape index (κ1) is 29.2. The van der Waals surface area contributed by atoms with E-state index in [-0.39, 0.29) is 18.3 Å². The number of halogens is 3. The number of hydrogen-bond donors (Lipinski definition) is 0. The first-order valence-electron chi connectivity index (χ1n) is 9.70. The maximum atomic E-state index is 6.15. The van der Waals surface area contributed by atoms with Gasteiger partial charge >= 0.3 is 8.60 Å². The third-order valence-electron chi connectivity index (χ3n) is 3.48. The van der Waals surface area contributed by atoms with Crippen molar-refractivity contribution in [3.05, 3.63) is 55.6 Å². The van der Waals surface area contributed by atoms with E-state index in [1.165, 1.54) is 0 Å². The van der Waals surface area contributed by atoms with Gasteiger partial charge in [0.15, 0.2) is 0 Å². The summed E-state index contributed by atoms with van der Waals surface area (Å²) < 4.78 is 35.3. The fraction of sp³-hybridized carbons (Fsp3) is 0.524. The van der Waals surface area contributed by atoms with Gasteiger partial charge < -0.3 is 27.8 Å². The fourth-order valence-corrected chi connectivity index (χ4v) is 4.88. The van der Waals surface area contributed by atoms with E-state index in [0.717, 1.165) is 5.75 Å². The first-order chi connectivity index (χ1) is 15.2. The Morgan fingerprint density at radius 3 is 1.61 bits per heavy atom. The summed E-state index contributed by atoms with van der Waals surface area (Å²) in [6.07, 6.45) is 2.62. The minimum Gasteiger partial charge on any atom is -0.491 e. The van der Waals surface area contributed by atoms with E-state index in [4.69, 9.17) is 27.8 Å². The Hall–Kier alpha value is 0.170. The lowest BCUT2D eigenvalue weighted by Crippen LogP contribution is -2.28. The van der Waals surface area contributed by atoms with E-state index < -0.39 is 8.60 Å². The van der Waals surface area contributed by atoms with Crippen molar-refractivity contribution < 1.29 is 27.8 Å². The van der Waals surface area contributed by atoms with Gasteiger partial charge in [-0.25, -0.2) is 0 Å². The Morgan fingerprint density at radius 2 is 1.19 bits per heavy atom. The SMILES string of the molecule is C=CCOCC(CBr)OP(OC(CBr)COCC=C)OC(CBr)COc1ccccc1. The number of para-hydroxylation sites is 1. The summed E-state index contributed by atoms with van der Waals surface area (Å²) in [6.45, 7) is 9.32. The second-order valence-corrected chi connectivity index (χ2v) is 9.17. The van der Waals surface area contributed by atoms with Crippen molar-refractivity contribution in [3.8, 4) is 5.75 Å². The lowest BCUT2D eigenvalue weighted by Gasteiger charge is -2.28. The average Bonchev–Trinajstić information content (AvgIpc) is 2.80. The fourth-order valence-electron chi connectivity index (χ4n) is 2.02. The van der Waals surface area contributed by atoms with Gasteiger partial charge in [0.05, 0.1) is 38.6 Å². The molecule has 0 bridgehead atoms. The zero-order valence-electron chi connectivity index (χ0n) is 17.4. The number of hydrogen-bond acceptors (Lipinski definition) is 6. The van der Waals surface area contributed by atoms with Crippen molar-refractivity contribution in [2.75, 3.05) is 49.0 Å². The van der Waals surface area contributed by atoms with E-state index in [9.17, 15) is 0 Å². The molecule has 176 valence electrons. The third-order valence-corrected chi connectivity index (χ3v) is 7.06. The van der Waals surface area contributed by atoms with Crippen LogP contribution < -0.4 is 4.74 Å². The molecule has 6 nitrogen and oxygen atoms in total. The van der Waals surface area contributed by atoms with Crippen molar-refractivity contribution in [2.24, 2.45) is 0 Å². The van der Waals surface area contributed by atoms with Gasteiger partial charge in [0, 0.05) is 16.0 Å². The van der Waals surface area contributed by atoms with Crippen LogP contribution in [0.15, 0.2) is 55.6 Å². The van der Waals surface area contributed by atoms with Gasteiger partial charge in [0.25, 0.3) is 0 Å². The molecule has 0 aliphatic carbocycles. The topological polar surface area (TPSA) is 55.4 Å². The standard InChI is InChI=1S/C21H30Br3O6P/c1-3-10-25-15-19(12-22)28-31(29-20(13-23)16-26-11-4-2)30-21(14-24)17-27-18-8-6-5-7-9-18/h3-9,19-21H,1-2,10-17H2. The van der Waals surface area contributed by atoms with Crippen LogP contribution in [0, 0.1) is 0 Å². The zero-order valence-corrected chi connectivity index (χ0v) is 23.0. The molecular formula is C21H30Br3O6P. The van der Waals surface area contributed by atoms with Gasteiger partial charge in [-0.1, -0.05) is 78.1 Å². The molecule has 0 fully saturated rings. The molecule has 3 atom stereocenters. The lowest BCUT2D eigenvalue weighted by molar-refractivity contribution is 0.0154. The van der Waals surface area contributed by atoms with Crippen LogP contribution in [-0.4, -0.2) is 67.3 Å². The van der Waals surface area contributed by atoms with Gasteiger partial charge in [0.1, 0.15) is 18.5 Å². The maximum Gasteiger partial charge on any atom is 0.333 e. The van der Waals surface area contributed by atoms with Crippen molar-refractivity contribution in [2.45, 2.75) is 18.3 Å². The predicted octanol–water partition coefficient (Wildman–Crippen LogP) is 6.04. The highest BCUT2D eigenvalue weighted by Crippen LogP contribution is 2.44. The maximum absolute atomic E-state index is 6.15. The third kappa shape index (κ3) is 14.1. The number of alkyl halides is 3. The largest absolute Gasteiger partial charge is 0.491 e. The Balaban J connectivity index is 2.74. The molecule has 31 heavy (non-hydrogen) atoms. The van der Waals surface area contributed by atoms with Gasteiger partial charge in [-0.3, -0.25) is 0 Å². The van der Waals surface area contributed by atoms with E-state index >= 15 is 0 Å². The lowest BCUT2D eigenvalue weighted by atomic mass is 10.3. The molecule has 0 saturated heterocycles. The van der Waals surface area contributed by atoms with E-state index in [1.807, 2.05) is 30.3 Å². The highest BCUT2D eigenvalue weighted by molar-refractivity contribution is 9.09. The summed E-state index contributed by atoms with van der Waals surface area (Å²) in [6, 6.07) is 9.59. The quantitative estimate of drug-likeness (QED) is 0.0744. The molecule has 1 rings (SSSR count). The smallest absolute Gasteiger partial charge is 0.333 e. The van der Waals surface area contributed by atoms with Crippen molar-refractivity contribution in [1.29, 1.82) is 0 Å². The minimum atomic E-state index is -1.70. The molecule has 0 radical (unpaired) electrons. The normalized spacial score (nSPS) is 15.1. The molecule has 0 saturated carbocycles. The van der Waals surface area contributed by atoms with Crippen LogP contribution in [0.3, 0.4) is 0 Å². The molecule has 0 amide bonds. The molecule has 10 heteroatoms. The van der Waals surface area contributed by atoms with E-state index in [1.54, 1.807) is 12.2 Å². The van der Waals surface area contributed by atoms with E-state index in [2.05, 4.69) is 60.9 Å². The van der Waals surface area contributed by atoms with Crippen LogP contribution in [-0.2, 0) is 23.0 Å². The van der Waals surface area contributed by atoms with Crippen LogP contribution >= 0.6 is 56.4 Å². The Labute approximate surface area is 212 Å². The van der Waals surface area contributed by atoms with Gasteiger partial charge in [-0.2, -0.15) is 0 Å². The van der Waals surface area contributed by atoms with Crippen LogP contribution in [0.1, 0.15) is 0 Å². The second-order valence-electron chi connectivity index (χ2n) is 6.15. The summed E-state index contributed by atoms with van der Waals surface area (Å²) >= 11 is 10.4. The molecule has 0 N–H and O–H groups in total. The van der Waals surface area contributed by atoms with Crippen molar-refractivity contribution >= 4 is 56.4 Å². The minimum absolute atomic E-state index is 0.248. The summed E-state index contributed by atoms with van der Waals surface area (Å²) in [5.41, 5.74) is 0. The molecule has 0 aromatic heterocycles. The Morgan fingerprint density at radius 1 is 0.742 bits per heavy atom. The zero-order chi connectivity index (χ0) is 22.7. The summed E-state index contributed by atoms with van der Waals surface area (Å²) in [4.78, 5) is 0. The van der Waals surface area contributed by atoms with Crippen molar-refractivity contribution in [1.82, 2.24) is 0 Å². The van der Waals surface area contributed by atoms with Gasteiger partial charge in [0.2, 0.25) is 0 Å². The Bertz CT molecular complexity index is 559. The highest BCUT2D eigenvalue weighted by Gasteiger charge is 2.27. The number of benzene rings is 1. The highest BCUT2D eigenvalue weighted by atomic mass is 79.9. The average molecular weight is 649 g/mol. The molecule has 0 heterocycles. The van der Waals surface area contributed by atoms with Crippen LogP contribution in [0.5, 0.6) is 5.75 Å².